The topological polar surface area (TPSA) is 80.2 Å². The molecule has 154 valence electrons. The highest BCUT2D eigenvalue weighted by Gasteiger charge is 2.25. The van der Waals surface area contributed by atoms with Gasteiger partial charge in [-0.3, -0.25) is 9.78 Å². The standard InChI is InChI=1S/C23H25N5O2/c1-30-20-6-4-18(5-7-20)21-8-9-22(27-26-21)28-13-10-19(11-14-28)23(29)25-16-17-3-2-12-24-15-17/h2-9,12,15,19H,10-11,13-14,16H2,1H3,(H,25,29). The highest BCUT2D eigenvalue weighted by molar-refractivity contribution is 5.79. The van der Waals surface area contributed by atoms with Crippen molar-refractivity contribution in [2.75, 3.05) is 25.1 Å². The molecule has 7 heteroatoms. The number of hydrogen-bond acceptors (Lipinski definition) is 6. The molecular weight excluding hydrogens is 378 g/mol. The average Bonchev–Trinajstić information content (AvgIpc) is 2.83. The molecule has 30 heavy (non-hydrogen) atoms. The van der Waals surface area contributed by atoms with Gasteiger partial charge in [-0.1, -0.05) is 6.07 Å². The van der Waals surface area contributed by atoms with Gasteiger partial charge < -0.3 is 15.0 Å². The molecule has 2 aromatic heterocycles. The number of nitrogens with one attached hydrogen (secondary N) is 1. The Morgan fingerprint density at radius 2 is 1.90 bits per heavy atom. The Hall–Kier alpha value is -3.48. The highest BCUT2D eigenvalue weighted by atomic mass is 16.5. The first-order valence-corrected chi connectivity index (χ1v) is 10.1. The van der Waals surface area contributed by atoms with Crippen LogP contribution in [0.5, 0.6) is 5.75 Å². The fraction of sp³-hybridized carbons (Fsp3) is 0.304. The van der Waals surface area contributed by atoms with Crippen molar-refractivity contribution in [2.24, 2.45) is 5.92 Å². The number of carbonyl (C=O) groups excluding carboxylic acids is 1. The van der Waals surface area contributed by atoms with Gasteiger partial charge in [0.05, 0.1) is 12.8 Å². The van der Waals surface area contributed by atoms with Crippen molar-refractivity contribution in [3.8, 4) is 17.0 Å². The van der Waals surface area contributed by atoms with Crippen molar-refractivity contribution in [3.63, 3.8) is 0 Å². The molecule has 0 spiro atoms. The molecule has 0 unspecified atom stereocenters. The average molecular weight is 403 g/mol. The van der Waals surface area contributed by atoms with E-state index in [0.29, 0.717) is 6.54 Å². The zero-order valence-corrected chi connectivity index (χ0v) is 17.0. The van der Waals surface area contributed by atoms with E-state index < -0.39 is 0 Å². The molecular formula is C23H25N5O2. The van der Waals surface area contributed by atoms with E-state index in [1.807, 2.05) is 48.5 Å². The number of ether oxygens (including phenoxy) is 1. The molecule has 1 fully saturated rings. The van der Waals surface area contributed by atoms with E-state index in [1.54, 1.807) is 19.5 Å². The summed E-state index contributed by atoms with van der Waals surface area (Å²) in [5.41, 5.74) is 2.83. The van der Waals surface area contributed by atoms with Gasteiger partial charge in [-0.05, 0) is 60.9 Å². The number of carbonyl (C=O) groups is 1. The number of amides is 1. The maximum Gasteiger partial charge on any atom is 0.223 e. The SMILES string of the molecule is COc1ccc(-c2ccc(N3CCC(C(=O)NCc4cccnc4)CC3)nn2)cc1. The molecule has 3 aromatic rings. The lowest BCUT2D eigenvalue weighted by atomic mass is 9.96. The van der Waals surface area contributed by atoms with Crippen LogP contribution >= 0.6 is 0 Å². The summed E-state index contributed by atoms with van der Waals surface area (Å²) in [6.45, 7) is 2.11. The minimum absolute atomic E-state index is 0.0319. The molecule has 0 bridgehead atoms. The second-order valence-electron chi connectivity index (χ2n) is 7.35. The minimum atomic E-state index is 0.0319. The Morgan fingerprint density at radius 3 is 2.53 bits per heavy atom. The van der Waals surface area contributed by atoms with E-state index in [2.05, 4.69) is 25.4 Å². The van der Waals surface area contributed by atoms with Gasteiger partial charge in [-0.2, -0.15) is 0 Å². The third-order valence-electron chi connectivity index (χ3n) is 5.42. The van der Waals surface area contributed by atoms with Crippen LogP contribution in [-0.4, -0.2) is 41.3 Å². The Morgan fingerprint density at radius 1 is 1.10 bits per heavy atom. The highest BCUT2D eigenvalue weighted by Crippen LogP contribution is 2.24. The summed E-state index contributed by atoms with van der Waals surface area (Å²) in [5, 5.41) is 11.8. The van der Waals surface area contributed by atoms with Gasteiger partial charge >= 0.3 is 0 Å². The number of nitrogens with zero attached hydrogens (tertiary/aromatic N) is 4. The van der Waals surface area contributed by atoms with Gasteiger partial charge in [0.15, 0.2) is 5.82 Å². The second kappa shape index (κ2) is 9.35. The summed E-state index contributed by atoms with van der Waals surface area (Å²) < 4.78 is 5.19. The van der Waals surface area contributed by atoms with Crippen molar-refractivity contribution in [1.29, 1.82) is 0 Å². The molecule has 3 heterocycles. The first-order valence-electron chi connectivity index (χ1n) is 10.1. The third-order valence-corrected chi connectivity index (χ3v) is 5.42. The van der Waals surface area contributed by atoms with Gasteiger partial charge in [-0.15, -0.1) is 10.2 Å². The maximum absolute atomic E-state index is 12.5. The molecule has 7 nitrogen and oxygen atoms in total. The van der Waals surface area contributed by atoms with Crippen LogP contribution in [0, 0.1) is 5.92 Å². The van der Waals surface area contributed by atoms with Gasteiger partial charge in [-0.25, -0.2) is 0 Å². The van der Waals surface area contributed by atoms with E-state index >= 15 is 0 Å². The molecule has 0 atom stereocenters. The summed E-state index contributed by atoms with van der Waals surface area (Å²) in [6, 6.07) is 15.6. The molecule has 4 rings (SSSR count). The Labute approximate surface area is 176 Å². The molecule has 1 amide bonds. The van der Waals surface area contributed by atoms with Gasteiger partial charge in [0, 0.05) is 43.5 Å². The number of benzene rings is 1. The molecule has 1 aromatic carbocycles. The van der Waals surface area contributed by atoms with Crippen LogP contribution in [0.15, 0.2) is 60.9 Å². The summed E-state index contributed by atoms with van der Waals surface area (Å²) in [6.07, 6.45) is 5.12. The number of rotatable bonds is 6. The summed E-state index contributed by atoms with van der Waals surface area (Å²) >= 11 is 0. The normalized spacial score (nSPS) is 14.4. The van der Waals surface area contributed by atoms with Crippen molar-refractivity contribution >= 4 is 11.7 Å². The number of anilines is 1. The lowest BCUT2D eigenvalue weighted by Gasteiger charge is -2.31. The van der Waals surface area contributed by atoms with E-state index in [4.69, 9.17) is 4.74 Å². The maximum atomic E-state index is 12.5. The van der Waals surface area contributed by atoms with Crippen LogP contribution in [0.2, 0.25) is 0 Å². The fourth-order valence-electron chi connectivity index (χ4n) is 3.62. The number of methoxy groups -OCH3 is 1. The van der Waals surface area contributed by atoms with Gasteiger partial charge in [0.25, 0.3) is 0 Å². The summed E-state index contributed by atoms with van der Waals surface area (Å²) in [5.74, 6) is 1.81. The molecule has 1 aliphatic heterocycles. The Kier molecular flexibility index (Phi) is 6.17. The van der Waals surface area contributed by atoms with Crippen LogP contribution in [0.3, 0.4) is 0 Å². The van der Waals surface area contributed by atoms with Crippen molar-refractivity contribution < 1.29 is 9.53 Å². The predicted octanol–water partition coefficient (Wildman–Crippen LogP) is 3.08. The number of piperidine rings is 1. The smallest absolute Gasteiger partial charge is 0.223 e. The number of aromatic nitrogens is 3. The first kappa shape index (κ1) is 19.8. The van der Waals surface area contributed by atoms with Crippen LogP contribution < -0.4 is 15.0 Å². The molecule has 0 aliphatic carbocycles. The van der Waals surface area contributed by atoms with Crippen LogP contribution in [0.1, 0.15) is 18.4 Å². The van der Waals surface area contributed by atoms with E-state index in [-0.39, 0.29) is 11.8 Å². The molecule has 1 saturated heterocycles. The van der Waals surface area contributed by atoms with E-state index in [0.717, 1.165) is 54.3 Å². The van der Waals surface area contributed by atoms with Crippen molar-refractivity contribution in [1.82, 2.24) is 20.5 Å². The lowest BCUT2D eigenvalue weighted by Crippen LogP contribution is -2.40. The third kappa shape index (κ3) is 4.74. The Bertz CT molecular complexity index is 953. The fourth-order valence-corrected chi connectivity index (χ4v) is 3.62. The van der Waals surface area contributed by atoms with Crippen molar-refractivity contribution in [3.05, 3.63) is 66.5 Å². The van der Waals surface area contributed by atoms with E-state index in [1.165, 1.54) is 0 Å². The van der Waals surface area contributed by atoms with Crippen LogP contribution in [0.25, 0.3) is 11.3 Å². The Balaban J connectivity index is 1.29. The van der Waals surface area contributed by atoms with Gasteiger partial charge in [0.2, 0.25) is 5.91 Å². The van der Waals surface area contributed by atoms with E-state index in [9.17, 15) is 4.79 Å². The van der Waals surface area contributed by atoms with Crippen molar-refractivity contribution in [2.45, 2.75) is 19.4 Å². The second-order valence-corrected chi connectivity index (χ2v) is 7.35. The first-order chi connectivity index (χ1) is 14.7. The largest absolute Gasteiger partial charge is 0.497 e. The zero-order chi connectivity index (χ0) is 20.8. The van der Waals surface area contributed by atoms with Crippen LogP contribution in [-0.2, 0) is 11.3 Å². The number of pyridine rings is 1. The molecule has 1 N–H and O–H groups in total. The summed E-state index contributed by atoms with van der Waals surface area (Å²) in [4.78, 5) is 18.7. The number of hydrogen-bond donors (Lipinski definition) is 1. The minimum Gasteiger partial charge on any atom is -0.497 e. The van der Waals surface area contributed by atoms with Crippen LogP contribution in [0.4, 0.5) is 5.82 Å². The zero-order valence-electron chi connectivity index (χ0n) is 17.0. The predicted molar refractivity (Wildman–Crippen MR) is 115 cm³/mol. The lowest BCUT2D eigenvalue weighted by molar-refractivity contribution is -0.125. The molecule has 0 saturated carbocycles. The molecule has 0 radical (unpaired) electrons. The summed E-state index contributed by atoms with van der Waals surface area (Å²) in [7, 11) is 1.65. The molecule has 1 aliphatic rings. The van der Waals surface area contributed by atoms with Gasteiger partial charge in [0.1, 0.15) is 5.75 Å². The monoisotopic (exact) mass is 403 g/mol. The quantitative estimate of drug-likeness (QED) is 0.681.